The molecule has 0 fully saturated rings. The van der Waals surface area contributed by atoms with Crippen LogP contribution in [-0.4, -0.2) is 14.8 Å². The third-order valence-electron chi connectivity index (χ3n) is 2.99. The zero-order valence-corrected chi connectivity index (χ0v) is 10.9. The molecule has 0 bridgehead atoms. The van der Waals surface area contributed by atoms with Gasteiger partial charge in [0.15, 0.2) is 5.65 Å². The Morgan fingerprint density at radius 2 is 2.06 bits per heavy atom. The Bertz CT molecular complexity index is 561. The molecule has 2 rings (SSSR count). The van der Waals surface area contributed by atoms with Gasteiger partial charge in [-0.15, -0.1) is 0 Å². The first-order valence-electron chi connectivity index (χ1n) is 6.17. The topological polar surface area (TPSA) is 30.7 Å². The van der Waals surface area contributed by atoms with E-state index in [2.05, 4.69) is 17.0 Å². The minimum atomic E-state index is -2.49. The Morgan fingerprint density at radius 1 is 1.33 bits per heavy atom. The highest BCUT2D eigenvalue weighted by Crippen LogP contribution is 2.29. The second kappa shape index (κ2) is 5.00. The molecule has 18 heavy (non-hydrogen) atoms. The molecule has 0 aliphatic carbocycles. The van der Waals surface area contributed by atoms with Gasteiger partial charge in [-0.2, -0.15) is 5.10 Å². The molecular weight excluding hydrogens is 236 g/mol. The first-order chi connectivity index (χ1) is 8.54. The largest absolute Gasteiger partial charge is 0.264 e. The van der Waals surface area contributed by atoms with Crippen molar-refractivity contribution in [1.29, 1.82) is 0 Å². The number of pyridine rings is 1. The van der Waals surface area contributed by atoms with Gasteiger partial charge in [0.25, 0.3) is 6.43 Å². The second-order valence-electron chi connectivity index (χ2n) is 4.51. The lowest BCUT2D eigenvalue weighted by atomic mass is 10.1. The van der Waals surface area contributed by atoms with Crippen LogP contribution in [0.15, 0.2) is 6.07 Å². The Balaban J connectivity index is 2.63. The summed E-state index contributed by atoms with van der Waals surface area (Å²) in [4.78, 5) is 4.36. The molecule has 0 aliphatic rings. The molecular formula is C13H17F2N3. The van der Waals surface area contributed by atoms with Crippen molar-refractivity contribution in [2.45, 2.75) is 46.6 Å². The van der Waals surface area contributed by atoms with Crippen LogP contribution in [0, 0.1) is 13.8 Å². The second-order valence-corrected chi connectivity index (χ2v) is 4.51. The van der Waals surface area contributed by atoms with E-state index in [-0.39, 0.29) is 5.56 Å². The average Bonchev–Trinajstić information content (AvgIpc) is 2.62. The number of aryl methyl sites for hydroxylation is 3. The lowest BCUT2D eigenvalue weighted by Crippen LogP contribution is -2.02. The van der Waals surface area contributed by atoms with E-state index in [1.54, 1.807) is 18.5 Å². The normalized spacial score (nSPS) is 11.7. The SMILES string of the molecule is CCCCn1nc(C)c2c(C(F)F)cc(C)nc21. The summed E-state index contributed by atoms with van der Waals surface area (Å²) in [6, 6.07) is 1.45. The summed E-state index contributed by atoms with van der Waals surface area (Å²) >= 11 is 0. The predicted molar refractivity (Wildman–Crippen MR) is 66.9 cm³/mol. The third kappa shape index (κ3) is 2.21. The zero-order chi connectivity index (χ0) is 13.3. The maximum absolute atomic E-state index is 13.1. The van der Waals surface area contributed by atoms with Crippen molar-refractivity contribution in [1.82, 2.24) is 14.8 Å². The van der Waals surface area contributed by atoms with Crippen LogP contribution in [0.2, 0.25) is 0 Å². The van der Waals surface area contributed by atoms with E-state index >= 15 is 0 Å². The molecule has 2 aromatic heterocycles. The monoisotopic (exact) mass is 253 g/mol. The van der Waals surface area contributed by atoms with Crippen molar-refractivity contribution in [3.8, 4) is 0 Å². The minimum Gasteiger partial charge on any atom is -0.247 e. The molecule has 0 aliphatic heterocycles. The predicted octanol–water partition coefficient (Wildman–Crippen LogP) is 3.79. The van der Waals surface area contributed by atoms with Gasteiger partial charge in [-0.1, -0.05) is 13.3 Å². The van der Waals surface area contributed by atoms with E-state index in [1.165, 1.54) is 6.07 Å². The Kier molecular flexibility index (Phi) is 3.59. The van der Waals surface area contributed by atoms with Gasteiger partial charge < -0.3 is 0 Å². The zero-order valence-electron chi connectivity index (χ0n) is 10.9. The van der Waals surface area contributed by atoms with E-state index in [1.807, 2.05) is 0 Å². The fourth-order valence-corrected chi connectivity index (χ4v) is 2.15. The Hall–Kier alpha value is -1.52. The number of halogens is 2. The van der Waals surface area contributed by atoms with Gasteiger partial charge in [0.2, 0.25) is 0 Å². The summed E-state index contributed by atoms with van der Waals surface area (Å²) in [6.45, 7) is 6.30. The Labute approximate surface area is 105 Å². The molecule has 2 heterocycles. The van der Waals surface area contributed by atoms with Crippen LogP contribution in [0.3, 0.4) is 0 Å². The lowest BCUT2D eigenvalue weighted by molar-refractivity contribution is 0.153. The van der Waals surface area contributed by atoms with E-state index in [9.17, 15) is 8.78 Å². The van der Waals surface area contributed by atoms with Gasteiger partial charge in [-0.05, 0) is 26.3 Å². The van der Waals surface area contributed by atoms with E-state index in [4.69, 9.17) is 0 Å². The number of aromatic nitrogens is 3. The summed E-state index contributed by atoms with van der Waals surface area (Å²) in [7, 11) is 0. The van der Waals surface area contributed by atoms with Crippen molar-refractivity contribution in [3.05, 3.63) is 23.0 Å². The summed E-state index contributed by atoms with van der Waals surface area (Å²) in [5.41, 5.74) is 1.85. The van der Waals surface area contributed by atoms with Gasteiger partial charge in [-0.25, -0.2) is 18.4 Å². The van der Waals surface area contributed by atoms with Crippen LogP contribution in [0.4, 0.5) is 8.78 Å². The number of rotatable bonds is 4. The Morgan fingerprint density at radius 3 is 2.67 bits per heavy atom. The molecule has 98 valence electrons. The summed E-state index contributed by atoms with van der Waals surface area (Å²) in [6.07, 6.45) is -0.485. The molecule has 0 saturated carbocycles. The highest BCUT2D eigenvalue weighted by Gasteiger charge is 2.19. The minimum absolute atomic E-state index is 0.0396. The molecule has 0 atom stereocenters. The number of fused-ring (bicyclic) bond motifs is 1. The highest BCUT2D eigenvalue weighted by atomic mass is 19.3. The number of unbranched alkanes of at least 4 members (excludes halogenated alkanes) is 1. The van der Waals surface area contributed by atoms with Crippen molar-refractivity contribution in [2.75, 3.05) is 0 Å². The summed E-state index contributed by atoms with van der Waals surface area (Å²) in [5, 5.41) is 4.84. The molecule has 3 nitrogen and oxygen atoms in total. The van der Waals surface area contributed by atoms with Gasteiger partial charge in [0.1, 0.15) is 0 Å². The van der Waals surface area contributed by atoms with Crippen molar-refractivity contribution < 1.29 is 8.78 Å². The van der Waals surface area contributed by atoms with Crippen LogP contribution in [-0.2, 0) is 6.54 Å². The fourth-order valence-electron chi connectivity index (χ4n) is 2.15. The van der Waals surface area contributed by atoms with Crippen LogP contribution >= 0.6 is 0 Å². The maximum atomic E-state index is 13.1. The van der Waals surface area contributed by atoms with Crippen LogP contribution in [0.25, 0.3) is 11.0 Å². The van der Waals surface area contributed by atoms with E-state index < -0.39 is 6.43 Å². The molecule has 5 heteroatoms. The third-order valence-corrected chi connectivity index (χ3v) is 2.99. The number of hydrogen-bond donors (Lipinski definition) is 0. The van der Waals surface area contributed by atoms with E-state index in [0.717, 1.165) is 19.4 Å². The standard InChI is InChI=1S/C13H17F2N3/c1-4-5-6-18-13-11(9(3)17-18)10(12(14)15)7-8(2)16-13/h7,12H,4-6H2,1-3H3. The van der Waals surface area contributed by atoms with Gasteiger partial charge in [0, 0.05) is 17.8 Å². The number of nitrogens with zero attached hydrogens (tertiary/aromatic N) is 3. The van der Waals surface area contributed by atoms with Crippen LogP contribution in [0.5, 0.6) is 0 Å². The molecule has 0 radical (unpaired) electrons. The number of alkyl halides is 2. The number of hydrogen-bond acceptors (Lipinski definition) is 2. The molecule has 0 N–H and O–H groups in total. The molecule has 0 saturated heterocycles. The van der Waals surface area contributed by atoms with E-state index in [0.29, 0.717) is 22.4 Å². The maximum Gasteiger partial charge on any atom is 0.264 e. The summed E-state index contributed by atoms with van der Waals surface area (Å²) in [5.74, 6) is 0. The first kappa shape index (κ1) is 12.9. The molecule has 0 unspecified atom stereocenters. The molecule has 2 aromatic rings. The van der Waals surface area contributed by atoms with Gasteiger partial charge >= 0.3 is 0 Å². The first-order valence-corrected chi connectivity index (χ1v) is 6.17. The quantitative estimate of drug-likeness (QED) is 0.830. The smallest absolute Gasteiger partial charge is 0.247 e. The van der Waals surface area contributed by atoms with Gasteiger partial charge in [0.05, 0.1) is 11.1 Å². The highest BCUT2D eigenvalue weighted by molar-refractivity contribution is 5.82. The van der Waals surface area contributed by atoms with Crippen LogP contribution < -0.4 is 0 Å². The van der Waals surface area contributed by atoms with Crippen LogP contribution in [0.1, 0.15) is 43.1 Å². The van der Waals surface area contributed by atoms with Gasteiger partial charge in [-0.3, -0.25) is 0 Å². The van der Waals surface area contributed by atoms with Crippen molar-refractivity contribution in [3.63, 3.8) is 0 Å². The molecule has 0 amide bonds. The van der Waals surface area contributed by atoms with Crippen molar-refractivity contribution >= 4 is 11.0 Å². The summed E-state index contributed by atoms with van der Waals surface area (Å²) < 4.78 is 27.8. The fraction of sp³-hybridized carbons (Fsp3) is 0.538. The lowest BCUT2D eigenvalue weighted by Gasteiger charge is -2.05. The average molecular weight is 253 g/mol. The molecule has 0 spiro atoms. The molecule has 0 aromatic carbocycles. The van der Waals surface area contributed by atoms with Crippen molar-refractivity contribution in [2.24, 2.45) is 0 Å².